The molecule has 1 aliphatic carbocycles. The summed E-state index contributed by atoms with van der Waals surface area (Å²) in [6, 6.07) is -0.250. The minimum atomic E-state index is -0.250. The highest BCUT2D eigenvalue weighted by Gasteiger charge is 2.38. The number of rotatable bonds is 5. The van der Waals surface area contributed by atoms with Crippen LogP contribution >= 0.6 is 24.2 Å². The molecule has 2 atom stereocenters. The fourth-order valence-electron chi connectivity index (χ4n) is 3.76. The van der Waals surface area contributed by atoms with Gasteiger partial charge in [0.25, 0.3) is 0 Å². The molecule has 2 aliphatic heterocycles. The maximum absolute atomic E-state index is 12.6. The molecule has 0 radical (unpaired) electrons. The molecule has 2 unspecified atom stereocenters. The van der Waals surface area contributed by atoms with E-state index in [1.807, 2.05) is 4.90 Å². The smallest absolute Gasteiger partial charge is 0.243 e. The zero-order chi connectivity index (χ0) is 15.4. The van der Waals surface area contributed by atoms with Crippen molar-refractivity contribution in [2.75, 3.05) is 31.3 Å². The molecule has 2 heterocycles. The van der Waals surface area contributed by atoms with Crippen LogP contribution < -0.4 is 10.6 Å². The van der Waals surface area contributed by atoms with Crippen molar-refractivity contribution in [2.24, 2.45) is 11.8 Å². The van der Waals surface area contributed by atoms with Crippen molar-refractivity contribution >= 4 is 36.0 Å². The minimum Gasteiger partial charge on any atom is -0.354 e. The Morgan fingerprint density at radius 3 is 2.70 bits per heavy atom. The predicted octanol–water partition coefficient (Wildman–Crippen LogP) is 1.62. The standard InChI is InChI=1S/C16H27N3O2S.ClH/c20-15(18-8-6-12-5-7-17-9-12)14-10-22-11-19(14)16(21)13-3-1-2-4-13;/h12-14,17H,1-11H2,(H,18,20);1H. The van der Waals surface area contributed by atoms with E-state index in [9.17, 15) is 9.59 Å². The summed E-state index contributed by atoms with van der Waals surface area (Å²) >= 11 is 1.70. The monoisotopic (exact) mass is 361 g/mol. The highest BCUT2D eigenvalue weighted by Crippen LogP contribution is 2.30. The minimum absolute atomic E-state index is 0. The van der Waals surface area contributed by atoms with Crippen LogP contribution in [0.15, 0.2) is 0 Å². The Hall–Kier alpha value is -0.460. The van der Waals surface area contributed by atoms with Gasteiger partial charge in [-0.05, 0) is 44.7 Å². The zero-order valence-electron chi connectivity index (χ0n) is 13.6. The van der Waals surface area contributed by atoms with Gasteiger partial charge in [-0.25, -0.2) is 0 Å². The molecule has 3 fully saturated rings. The van der Waals surface area contributed by atoms with Gasteiger partial charge in [0.05, 0.1) is 5.88 Å². The van der Waals surface area contributed by atoms with Crippen LogP contribution in [0.3, 0.4) is 0 Å². The molecule has 0 aromatic carbocycles. The van der Waals surface area contributed by atoms with Gasteiger partial charge in [0, 0.05) is 18.2 Å². The highest BCUT2D eigenvalue weighted by molar-refractivity contribution is 7.99. The third-order valence-corrected chi connectivity index (χ3v) is 6.20. The predicted molar refractivity (Wildman–Crippen MR) is 95.8 cm³/mol. The van der Waals surface area contributed by atoms with Gasteiger partial charge in [-0.2, -0.15) is 0 Å². The summed E-state index contributed by atoms with van der Waals surface area (Å²) in [7, 11) is 0. The van der Waals surface area contributed by atoms with Crippen LogP contribution in [0.4, 0.5) is 0 Å². The van der Waals surface area contributed by atoms with E-state index in [2.05, 4.69) is 10.6 Å². The van der Waals surface area contributed by atoms with E-state index in [1.165, 1.54) is 6.42 Å². The topological polar surface area (TPSA) is 61.4 Å². The molecule has 0 spiro atoms. The van der Waals surface area contributed by atoms with Gasteiger partial charge in [0.1, 0.15) is 6.04 Å². The number of nitrogens with one attached hydrogen (secondary N) is 2. The second-order valence-corrected chi connectivity index (χ2v) is 7.74. The van der Waals surface area contributed by atoms with Gasteiger partial charge in [0.15, 0.2) is 0 Å². The average Bonchev–Trinajstić information content (AvgIpc) is 3.26. The fourth-order valence-corrected chi connectivity index (χ4v) is 4.93. The molecule has 5 nitrogen and oxygen atoms in total. The number of carbonyl (C=O) groups excluding carboxylic acids is 2. The highest BCUT2D eigenvalue weighted by atomic mass is 35.5. The molecule has 0 aromatic heterocycles. The summed E-state index contributed by atoms with van der Waals surface area (Å²) in [6.45, 7) is 2.90. The van der Waals surface area contributed by atoms with Crippen molar-refractivity contribution in [3.8, 4) is 0 Å². The molecule has 3 rings (SSSR count). The molecule has 7 heteroatoms. The molecule has 2 N–H and O–H groups in total. The first-order valence-corrected chi connectivity index (χ1v) is 9.78. The molecule has 0 aromatic rings. The van der Waals surface area contributed by atoms with Gasteiger partial charge in [-0.15, -0.1) is 24.2 Å². The van der Waals surface area contributed by atoms with Gasteiger partial charge >= 0.3 is 0 Å². The van der Waals surface area contributed by atoms with Crippen molar-refractivity contribution in [2.45, 2.75) is 44.6 Å². The lowest BCUT2D eigenvalue weighted by Gasteiger charge is -2.26. The third-order valence-electron chi connectivity index (χ3n) is 5.19. The summed E-state index contributed by atoms with van der Waals surface area (Å²) in [5.74, 6) is 2.54. The Labute approximate surface area is 149 Å². The maximum atomic E-state index is 12.6. The molecule has 2 saturated heterocycles. The molecular weight excluding hydrogens is 334 g/mol. The van der Waals surface area contributed by atoms with Crippen molar-refractivity contribution in [3.05, 3.63) is 0 Å². The number of thioether (sulfide) groups is 1. The lowest BCUT2D eigenvalue weighted by molar-refractivity contribution is -0.141. The van der Waals surface area contributed by atoms with E-state index in [0.29, 0.717) is 11.8 Å². The Kier molecular flexibility index (Phi) is 7.50. The largest absolute Gasteiger partial charge is 0.354 e. The summed E-state index contributed by atoms with van der Waals surface area (Å²) in [4.78, 5) is 26.8. The summed E-state index contributed by atoms with van der Waals surface area (Å²) in [5, 5.41) is 6.40. The maximum Gasteiger partial charge on any atom is 0.243 e. The van der Waals surface area contributed by atoms with Crippen molar-refractivity contribution in [3.63, 3.8) is 0 Å². The van der Waals surface area contributed by atoms with E-state index in [1.54, 1.807) is 11.8 Å². The van der Waals surface area contributed by atoms with Crippen molar-refractivity contribution in [1.82, 2.24) is 15.5 Å². The number of amides is 2. The van der Waals surface area contributed by atoms with Gasteiger partial charge in [-0.3, -0.25) is 9.59 Å². The van der Waals surface area contributed by atoms with Gasteiger partial charge in [-0.1, -0.05) is 12.8 Å². The molecular formula is C16H28ClN3O2S. The summed E-state index contributed by atoms with van der Waals surface area (Å²) in [5.41, 5.74) is 0. The SMILES string of the molecule is Cl.O=C(NCCC1CCNC1)C1CSCN1C(=O)C1CCCC1. The second kappa shape index (κ2) is 9.14. The Morgan fingerprint density at radius 1 is 1.22 bits per heavy atom. The van der Waals surface area contributed by atoms with Crippen LogP contribution in [0.1, 0.15) is 38.5 Å². The van der Waals surface area contributed by atoms with Crippen LogP contribution in [-0.2, 0) is 9.59 Å². The van der Waals surface area contributed by atoms with E-state index >= 15 is 0 Å². The van der Waals surface area contributed by atoms with Crippen LogP contribution in [0.2, 0.25) is 0 Å². The van der Waals surface area contributed by atoms with E-state index < -0.39 is 0 Å². The average molecular weight is 362 g/mol. The first kappa shape index (κ1) is 18.9. The number of nitrogens with zero attached hydrogens (tertiary/aromatic N) is 1. The van der Waals surface area contributed by atoms with E-state index in [-0.39, 0.29) is 36.2 Å². The number of halogens is 1. The van der Waals surface area contributed by atoms with E-state index in [0.717, 1.165) is 57.5 Å². The first-order valence-electron chi connectivity index (χ1n) is 8.62. The van der Waals surface area contributed by atoms with Crippen LogP contribution in [0.25, 0.3) is 0 Å². The number of hydrogen-bond acceptors (Lipinski definition) is 4. The number of carbonyl (C=O) groups is 2. The summed E-state index contributed by atoms with van der Waals surface area (Å²) < 4.78 is 0. The molecule has 132 valence electrons. The molecule has 0 bridgehead atoms. The summed E-state index contributed by atoms with van der Waals surface area (Å²) in [6.07, 6.45) is 6.57. The number of hydrogen-bond donors (Lipinski definition) is 2. The Morgan fingerprint density at radius 2 is 2.00 bits per heavy atom. The second-order valence-electron chi connectivity index (χ2n) is 6.74. The molecule has 23 heavy (non-hydrogen) atoms. The third kappa shape index (κ3) is 4.77. The fraction of sp³-hybridized carbons (Fsp3) is 0.875. The van der Waals surface area contributed by atoms with E-state index in [4.69, 9.17) is 0 Å². The zero-order valence-corrected chi connectivity index (χ0v) is 15.2. The Balaban J connectivity index is 0.00000192. The molecule has 3 aliphatic rings. The van der Waals surface area contributed by atoms with Crippen molar-refractivity contribution in [1.29, 1.82) is 0 Å². The first-order chi connectivity index (χ1) is 10.8. The quantitative estimate of drug-likeness (QED) is 0.781. The molecule has 2 amide bonds. The lowest BCUT2D eigenvalue weighted by atomic mass is 10.0. The normalized spacial score (nSPS) is 27.9. The van der Waals surface area contributed by atoms with Crippen molar-refractivity contribution < 1.29 is 9.59 Å². The lowest BCUT2D eigenvalue weighted by Crippen LogP contribution is -2.49. The molecule has 1 saturated carbocycles. The van der Waals surface area contributed by atoms with Gasteiger partial charge < -0.3 is 15.5 Å². The van der Waals surface area contributed by atoms with Gasteiger partial charge in [0.2, 0.25) is 11.8 Å². The Bertz CT molecular complexity index is 412. The van der Waals surface area contributed by atoms with Crippen LogP contribution in [0.5, 0.6) is 0 Å². The van der Waals surface area contributed by atoms with Crippen LogP contribution in [-0.4, -0.2) is 54.0 Å². The van der Waals surface area contributed by atoms with Crippen LogP contribution in [0, 0.1) is 11.8 Å².